The fourth-order valence-electron chi connectivity index (χ4n) is 2.67. The Morgan fingerprint density at radius 1 is 1.21 bits per heavy atom. The van der Waals surface area contributed by atoms with Crippen LogP contribution < -0.4 is 4.74 Å². The third kappa shape index (κ3) is 1.23. The minimum Gasteiger partial charge on any atom is -0.489 e. The predicted octanol–water partition coefficient (Wildman–Crippen LogP) is 3.76. The van der Waals surface area contributed by atoms with Gasteiger partial charge in [-0.15, -0.1) is 0 Å². The lowest BCUT2D eigenvalue weighted by Gasteiger charge is -2.23. The highest BCUT2D eigenvalue weighted by atomic mass is 35.5. The second-order valence-electron chi connectivity index (χ2n) is 4.23. The van der Waals surface area contributed by atoms with Crippen molar-refractivity contribution in [3.63, 3.8) is 0 Å². The molecular formula is C12H13ClO. The van der Waals surface area contributed by atoms with E-state index in [1.165, 1.54) is 31.2 Å². The van der Waals surface area contributed by atoms with Gasteiger partial charge >= 0.3 is 0 Å². The lowest BCUT2D eigenvalue weighted by molar-refractivity contribution is 0.164. The Morgan fingerprint density at radius 3 is 3.00 bits per heavy atom. The van der Waals surface area contributed by atoms with Crippen molar-refractivity contribution in [2.75, 3.05) is 0 Å². The van der Waals surface area contributed by atoms with Crippen LogP contribution in [-0.2, 0) is 0 Å². The maximum absolute atomic E-state index is 6.00. The normalized spacial score (nSPS) is 29.2. The van der Waals surface area contributed by atoms with Crippen molar-refractivity contribution in [1.29, 1.82) is 0 Å². The molecule has 1 aliphatic heterocycles. The SMILES string of the molecule is Clc1ccc2c(c1)[C@@H]1CCCC[C@H]1O2. The first kappa shape index (κ1) is 8.60. The highest BCUT2D eigenvalue weighted by molar-refractivity contribution is 6.30. The molecule has 0 radical (unpaired) electrons. The van der Waals surface area contributed by atoms with Gasteiger partial charge in [-0.25, -0.2) is 0 Å². The molecule has 1 aliphatic carbocycles. The van der Waals surface area contributed by atoms with Crippen molar-refractivity contribution in [3.8, 4) is 5.75 Å². The summed E-state index contributed by atoms with van der Waals surface area (Å²) in [5, 5.41) is 0.832. The van der Waals surface area contributed by atoms with Crippen molar-refractivity contribution >= 4 is 11.6 Å². The first-order chi connectivity index (χ1) is 6.84. The zero-order valence-corrected chi connectivity index (χ0v) is 8.76. The van der Waals surface area contributed by atoms with Gasteiger partial charge in [-0.2, -0.15) is 0 Å². The number of halogens is 1. The van der Waals surface area contributed by atoms with Crippen LogP contribution in [0, 0.1) is 0 Å². The first-order valence-electron chi connectivity index (χ1n) is 5.31. The van der Waals surface area contributed by atoms with Crippen molar-refractivity contribution in [1.82, 2.24) is 0 Å². The highest BCUT2D eigenvalue weighted by Crippen LogP contribution is 2.46. The maximum atomic E-state index is 6.00. The van der Waals surface area contributed by atoms with E-state index in [-0.39, 0.29) is 0 Å². The Bertz CT molecular complexity index is 361. The zero-order valence-electron chi connectivity index (χ0n) is 8.00. The number of hydrogen-bond donors (Lipinski definition) is 0. The summed E-state index contributed by atoms with van der Waals surface area (Å²) in [5.41, 5.74) is 1.34. The van der Waals surface area contributed by atoms with Gasteiger partial charge in [-0.3, -0.25) is 0 Å². The van der Waals surface area contributed by atoms with Crippen LogP contribution in [0.15, 0.2) is 18.2 Å². The van der Waals surface area contributed by atoms with Crippen molar-refractivity contribution in [2.24, 2.45) is 0 Å². The van der Waals surface area contributed by atoms with Crippen molar-refractivity contribution < 1.29 is 4.74 Å². The Kier molecular flexibility index (Phi) is 1.94. The van der Waals surface area contributed by atoms with Gasteiger partial charge < -0.3 is 4.74 Å². The topological polar surface area (TPSA) is 9.23 Å². The van der Waals surface area contributed by atoms with Gasteiger partial charge in [0.15, 0.2) is 0 Å². The first-order valence-corrected chi connectivity index (χ1v) is 5.68. The third-order valence-corrected chi connectivity index (χ3v) is 3.59. The predicted molar refractivity (Wildman–Crippen MR) is 57.1 cm³/mol. The van der Waals surface area contributed by atoms with Crippen LogP contribution in [-0.4, -0.2) is 6.10 Å². The van der Waals surface area contributed by atoms with Gasteiger partial charge in [0.05, 0.1) is 0 Å². The zero-order chi connectivity index (χ0) is 9.54. The van der Waals surface area contributed by atoms with Gasteiger partial charge in [-0.05, 0) is 37.5 Å². The Labute approximate surface area is 89.0 Å². The van der Waals surface area contributed by atoms with E-state index in [4.69, 9.17) is 16.3 Å². The summed E-state index contributed by atoms with van der Waals surface area (Å²) in [4.78, 5) is 0. The molecule has 0 aromatic heterocycles. The average Bonchev–Trinajstić information content (AvgIpc) is 2.56. The Hall–Kier alpha value is -0.690. The molecule has 3 rings (SSSR count). The number of rotatable bonds is 0. The molecule has 74 valence electrons. The highest BCUT2D eigenvalue weighted by Gasteiger charge is 2.35. The van der Waals surface area contributed by atoms with Gasteiger partial charge in [0.25, 0.3) is 0 Å². The number of fused-ring (bicyclic) bond motifs is 3. The molecule has 0 N–H and O–H groups in total. The van der Waals surface area contributed by atoms with Crippen LogP contribution in [0.4, 0.5) is 0 Å². The van der Waals surface area contributed by atoms with Crippen LogP contribution in [0.25, 0.3) is 0 Å². The monoisotopic (exact) mass is 208 g/mol. The van der Waals surface area contributed by atoms with Gasteiger partial charge in [0, 0.05) is 16.5 Å². The van der Waals surface area contributed by atoms with Crippen LogP contribution in [0.1, 0.15) is 37.2 Å². The van der Waals surface area contributed by atoms with E-state index >= 15 is 0 Å². The summed E-state index contributed by atoms with van der Waals surface area (Å²) in [5.74, 6) is 1.67. The van der Waals surface area contributed by atoms with E-state index in [9.17, 15) is 0 Å². The van der Waals surface area contributed by atoms with E-state index in [0.717, 1.165) is 10.8 Å². The molecule has 1 aromatic carbocycles. The second-order valence-corrected chi connectivity index (χ2v) is 4.67. The van der Waals surface area contributed by atoms with Crippen LogP contribution >= 0.6 is 11.6 Å². The van der Waals surface area contributed by atoms with Crippen LogP contribution in [0.3, 0.4) is 0 Å². The van der Waals surface area contributed by atoms with Crippen molar-refractivity contribution in [3.05, 3.63) is 28.8 Å². The summed E-state index contributed by atoms with van der Waals surface area (Å²) < 4.78 is 5.91. The van der Waals surface area contributed by atoms with Crippen LogP contribution in [0.2, 0.25) is 5.02 Å². The smallest absolute Gasteiger partial charge is 0.123 e. The van der Waals surface area contributed by atoms with Gasteiger partial charge in [0.2, 0.25) is 0 Å². The summed E-state index contributed by atoms with van der Waals surface area (Å²) in [7, 11) is 0. The average molecular weight is 209 g/mol. The summed E-state index contributed by atoms with van der Waals surface area (Å²) in [6, 6.07) is 6.00. The second kappa shape index (κ2) is 3.16. The van der Waals surface area contributed by atoms with E-state index in [0.29, 0.717) is 12.0 Å². The lowest BCUT2D eigenvalue weighted by atomic mass is 9.83. The molecule has 14 heavy (non-hydrogen) atoms. The standard InChI is InChI=1S/C12H13ClO/c13-8-5-6-12-10(7-8)9-3-1-2-4-11(9)14-12/h5-7,9,11H,1-4H2/t9-,11+/m0/s1. The molecule has 2 aliphatic rings. The molecule has 1 aromatic rings. The third-order valence-electron chi connectivity index (χ3n) is 3.35. The molecule has 1 nitrogen and oxygen atoms in total. The van der Waals surface area contributed by atoms with Gasteiger partial charge in [0.1, 0.15) is 11.9 Å². The summed E-state index contributed by atoms with van der Waals surface area (Å²) in [6.07, 6.45) is 5.53. The molecule has 2 heteroatoms. The van der Waals surface area contributed by atoms with Crippen LogP contribution in [0.5, 0.6) is 5.75 Å². The number of benzene rings is 1. The fraction of sp³-hybridized carbons (Fsp3) is 0.500. The van der Waals surface area contributed by atoms with E-state index in [2.05, 4.69) is 6.07 Å². The van der Waals surface area contributed by atoms with E-state index in [1.54, 1.807) is 0 Å². The minimum absolute atomic E-state index is 0.428. The molecule has 0 amide bonds. The largest absolute Gasteiger partial charge is 0.489 e. The molecule has 0 saturated heterocycles. The maximum Gasteiger partial charge on any atom is 0.123 e. The quantitative estimate of drug-likeness (QED) is 0.631. The Morgan fingerprint density at radius 2 is 2.07 bits per heavy atom. The molecule has 0 spiro atoms. The molecule has 2 atom stereocenters. The molecule has 1 saturated carbocycles. The molecule has 0 unspecified atom stereocenters. The Balaban J connectivity index is 2.02. The van der Waals surface area contributed by atoms with Crippen molar-refractivity contribution in [2.45, 2.75) is 37.7 Å². The number of hydrogen-bond acceptors (Lipinski definition) is 1. The minimum atomic E-state index is 0.428. The lowest BCUT2D eigenvalue weighted by Crippen LogP contribution is -2.22. The molecule has 0 bridgehead atoms. The molecule has 1 heterocycles. The number of ether oxygens (including phenoxy) is 1. The fourth-order valence-corrected chi connectivity index (χ4v) is 2.85. The van der Waals surface area contributed by atoms with E-state index < -0.39 is 0 Å². The molecule has 1 fully saturated rings. The molecular weight excluding hydrogens is 196 g/mol. The summed E-state index contributed by atoms with van der Waals surface area (Å²) in [6.45, 7) is 0. The summed E-state index contributed by atoms with van der Waals surface area (Å²) >= 11 is 6.00. The van der Waals surface area contributed by atoms with E-state index in [1.807, 2.05) is 12.1 Å². The van der Waals surface area contributed by atoms with Gasteiger partial charge in [-0.1, -0.05) is 18.0 Å².